The maximum atomic E-state index is 12.9. The summed E-state index contributed by atoms with van der Waals surface area (Å²) in [6, 6.07) is 0. The summed E-state index contributed by atoms with van der Waals surface area (Å²) in [5.41, 5.74) is 2.45. The van der Waals surface area contributed by atoms with Crippen molar-refractivity contribution in [3.63, 3.8) is 0 Å². The van der Waals surface area contributed by atoms with Crippen LogP contribution in [0, 0.1) is 18.8 Å². The maximum absolute atomic E-state index is 12.9. The van der Waals surface area contributed by atoms with Crippen molar-refractivity contribution in [1.29, 1.82) is 0 Å². The molecule has 2 atom stereocenters. The predicted molar refractivity (Wildman–Crippen MR) is 97.6 cm³/mol. The van der Waals surface area contributed by atoms with E-state index in [1.165, 1.54) is 11.3 Å². The first-order valence-corrected chi connectivity index (χ1v) is 9.76. The average Bonchev–Trinajstić information content (AvgIpc) is 3.01. The second-order valence-electron chi connectivity index (χ2n) is 7.51. The fraction of sp³-hybridized carbons (Fsp3) is 0.737. The van der Waals surface area contributed by atoms with Gasteiger partial charge in [0.15, 0.2) is 0 Å². The fourth-order valence-electron chi connectivity index (χ4n) is 4.28. The lowest BCUT2D eigenvalue weighted by Crippen LogP contribution is -2.51. The average molecular weight is 362 g/mol. The number of aromatic nitrogens is 2. The molecule has 0 radical (unpaired) electrons. The molecule has 2 unspecified atom stereocenters. The molecule has 0 spiro atoms. The van der Waals surface area contributed by atoms with Gasteiger partial charge in [-0.3, -0.25) is 19.2 Å². The monoisotopic (exact) mass is 362 g/mol. The first kappa shape index (κ1) is 18.9. The number of carbonyl (C=O) groups excluding carboxylic acids is 1. The van der Waals surface area contributed by atoms with E-state index in [9.17, 15) is 14.7 Å². The van der Waals surface area contributed by atoms with Crippen molar-refractivity contribution in [2.45, 2.75) is 52.6 Å². The minimum absolute atomic E-state index is 0.0479. The molecule has 1 amide bonds. The minimum Gasteiger partial charge on any atom is -0.481 e. The van der Waals surface area contributed by atoms with E-state index in [0.717, 1.165) is 39.0 Å². The van der Waals surface area contributed by atoms with Gasteiger partial charge in [0.1, 0.15) is 0 Å². The molecule has 0 aromatic carbocycles. The van der Waals surface area contributed by atoms with Crippen LogP contribution in [-0.4, -0.2) is 62.7 Å². The van der Waals surface area contributed by atoms with Gasteiger partial charge in [0.25, 0.3) is 0 Å². The molecule has 1 aliphatic heterocycles. The van der Waals surface area contributed by atoms with Crippen molar-refractivity contribution in [3.8, 4) is 0 Å². The Balaban J connectivity index is 1.55. The third kappa shape index (κ3) is 3.92. The van der Waals surface area contributed by atoms with Gasteiger partial charge in [0.2, 0.25) is 5.91 Å². The van der Waals surface area contributed by atoms with E-state index in [4.69, 9.17) is 0 Å². The number of carbonyl (C=O) groups is 2. The van der Waals surface area contributed by atoms with Gasteiger partial charge in [0, 0.05) is 50.5 Å². The Morgan fingerprint density at radius 3 is 2.38 bits per heavy atom. The molecule has 3 rings (SSSR count). The second kappa shape index (κ2) is 8.20. The summed E-state index contributed by atoms with van der Waals surface area (Å²) in [6.45, 7) is 8.94. The van der Waals surface area contributed by atoms with Gasteiger partial charge in [0.05, 0.1) is 18.0 Å². The molecular weight excluding hydrogens is 332 g/mol. The molecule has 1 aromatic heterocycles. The summed E-state index contributed by atoms with van der Waals surface area (Å²) >= 11 is 0. The summed E-state index contributed by atoms with van der Waals surface area (Å²) in [5.74, 6) is -1.61. The van der Waals surface area contributed by atoms with Gasteiger partial charge in [-0.2, -0.15) is 5.10 Å². The van der Waals surface area contributed by atoms with Crippen LogP contribution in [-0.2, 0) is 22.7 Å². The number of aryl methyl sites for hydroxylation is 1. The zero-order valence-corrected chi connectivity index (χ0v) is 15.9. The van der Waals surface area contributed by atoms with E-state index in [0.29, 0.717) is 25.9 Å². The third-order valence-corrected chi connectivity index (χ3v) is 5.98. The van der Waals surface area contributed by atoms with Gasteiger partial charge in [-0.05, 0) is 26.7 Å². The molecule has 2 aliphatic rings. The molecule has 7 heteroatoms. The highest BCUT2D eigenvalue weighted by molar-refractivity contribution is 5.85. The lowest BCUT2D eigenvalue weighted by molar-refractivity contribution is -0.153. The van der Waals surface area contributed by atoms with Crippen LogP contribution in [0.15, 0.2) is 6.20 Å². The molecule has 2 heterocycles. The number of carboxylic acid groups (broad SMARTS) is 1. The van der Waals surface area contributed by atoms with Crippen molar-refractivity contribution in [3.05, 3.63) is 17.5 Å². The van der Waals surface area contributed by atoms with E-state index in [1.807, 2.05) is 15.8 Å². The first-order chi connectivity index (χ1) is 12.5. The Morgan fingerprint density at radius 1 is 1.15 bits per heavy atom. The van der Waals surface area contributed by atoms with E-state index < -0.39 is 11.9 Å². The van der Waals surface area contributed by atoms with Crippen molar-refractivity contribution in [2.24, 2.45) is 11.8 Å². The fourth-order valence-corrected chi connectivity index (χ4v) is 4.28. The Kier molecular flexibility index (Phi) is 5.96. The number of carboxylic acids is 1. The SMILES string of the molecule is CCn1ncc(CN2CCN(C(=O)C3CCCCC3C(=O)O)CC2)c1C. The van der Waals surface area contributed by atoms with E-state index in [1.54, 1.807) is 0 Å². The standard InChI is InChI=1S/C19H30N4O3/c1-3-23-14(2)15(12-20-23)13-21-8-10-22(11-9-21)18(24)16-6-4-5-7-17(16)19(25)26/h12,16-17H,3-11,13H2,1-2H3,(H,25,26). The predicted octanol–water partition coefficient (Wildman–Crippen LogP) is 1.75. The highest BCUT2D eigenvalue weighted by atomic mass is 16.4. The molecule has 1 saturated carbocycles. The number of aliphatic carboxylic acids is 1. The zero-order valence-electron chi connectivity index (χ0n) is 15.9. The summed E-state index contributed by atoms with van der Waals surface area (Å²) in [5, 5.41) is 13.8. The maximum Gasteiger partial charge on any atom is 0.307 e. The Bertz CT molecular complexity index is 649. The van der Waals surface area contributed by atoms with Crippen molar-refractivity contribution in [1.82, 2.24) is 19.6 Å². The van der Waals surface area contributed by atoms with Crippen molar-refractivity contribution in [2.75, 3.05) is 26.2 Å². The molecule has 1 aromatic rings. The second-order valence-corrected chi connectivity index (χ2v) is 7.51. The van der Waals surface area contributed by atoms with Crippen molar-refractivity contribution < 1.29 is 14.7 Å². The summed E-state index contributed by atoms with van der Waals surface area (Å²) in [6.07, 6.45) is 5.16. The van der Waals surface area contributed by atoms with Crippen LogP contribution in [0.4, 0.5) is 0 Å². The normalized spacial score (nSPS) is 24.6. The van der Waals surface area contributed by atoms with Gasteiger partial charge >= 0.3 is 5.97 Å². The molecular formula is C19H30N4O3. The Hall–Kier alpha value is -1.89. The molecule has 1 saturated heterocycles. The van der Waals surface area contributed by atoms with Crippen LogP contribution >= 0.6 is 0 Å². The van der Waals surface area contributed by atoms with Gasteiger partial charge in [-0.1, -0.05) is 12.8 Å². The molecule has 26 heavy (non-hydrogen) atoms. The number of rotatable bonds is 5. The minimum atomic E-state index is -0.815. The number of piperazine rings is 1. The first-order valence-electron chi connectivity index (χ1n) is 9.76. The van der Waals surface area contributed by atoms with Crippen LogP contribution in [0.25, 0.3) is 0 Å². The molecule has 2 fully saturated rings. The third-order valence-electron chi connectivity index (χ3n) is 5.98. The number of hydrogen-bond donors (Lipinski definition) is 1. The Labute approximate surface area is 155 Å². The lowest BCUT2D eigenvalue weighted by Gasteiger charge is -2.38. The highest BCUT2D eigenvalue weighted by Gasteiger charge is 2.38. The van der Waals surface area contributed by atoms with Gasteiger partial charge in [-0.15, -0.1) is 0 Å². The summed E-state index contributed by atoms with van der Waals surface area (Å²) < 4.78 is 2.00. The lowest BCUT2D eigenvalue weighted by atomic mass is 9.78. The number of nitrogens with zero attached hydrogens (tertiary/aromatic N) is 4. The van der Waals surface area contributed by atoms with Crippen LogP contribution in [0.2, 0.25) is 0 Å². The summed E-state index contributed by atoms with van der Waals surface area (Å²) in [7, 11) is 0. The van der Waals surface area contributed by atoms with Crippen LogP contribution in [0.3, 0.4) is 0 Å². The van der Waals surface area contributed by atoms with Crippen LogP contribution < -0.4 is 0 Å². The highest BCUT2D eigenvalue weighted by Crippen LogP contribution is 2.32. The zero-order chi connectivity index (χ0) is 18.7. The molecule has 7 nitrogen and oxygen atoms in total. The Morgan fingerprint density at radius 2 is 1.81 bits per heavy atom. The quantitative estimate of drug-likeness (QED) is 0.863. The molecule has 1 N–H and O–H groups in total. The van der Waals surface area contributed by atoms with E-state index in [-0.39, 0.29) is 11.8 Å². The van der Waals surface area contributed by atoms with E-state index >= 15 is 0 Å². The van der Waals surface area contributed by atoms with Gasteiger partial charge < -0.3 is 10.0 Å². The van der Waals surface area contributed by atoms with E-state index in [2.05, 4.69) is 23.8 Å². The molecule has 1 aliphatic carbocycles. The van der Waals surface area contributed by atoms with Crippen molar-refractivity contribution >= 4 is 11.9 Å². The number of amides is 1. The van der Waals surface area contributed by atoms with Crippen LogP contribution in [0.5, 0.6) is 0 Å². The largest absolute Gasteiger partial charge is 0.481 e. The number of hydrogen-bond acceptors (Lipinski definition) is 4. The molecule has 144 valence electrons. The van der Waals surface area contributed by atoms with Gasteiger partial charge in [-0.25, -0.2) is 0 Å². The smallest absolute Gasteiger partial charge is 0.307 e. The topological polar surface area (TPSA) is 78.7 Å². The summed E-state index contributed by atoms with van der Waals surface area (Å²) in [4.78, 5) is 28.6. The molecule has 0 bridgehead atoms. The van der Waals surface area contributed by atoms with Crippen LogP contribution in [0.1, 0.15) is 43.9 Å².